The molecule has 0 rings (SSSR count). The predicted molar refractivity (Wildman–Crippen MR) is 53.5 cm³/mol. The number of aliphatic carboxylic acids is 1. The molecule has 0 aromatic carbocycles. The lowest BCUT2D eigenvalue weighted by atomic mass is 10.2. The molecular weight excluding hydrogens is 220 g/mol. The van der Waals surface area contributed by atoms with Crippen LogP contribution in [0, 0.1) is 11.3 Å². The first-order valence-electron chi connectivity index (χ1n) is 4.52. The summed E-state index contributed by atoms with van der Waals surface area (Å²) in [6.45, 7) is 3.10. The van der Waals surface area contributed by atoms with E-state index in [-0.39, 0.29) is 12.8 Å². The number of nitriles is 1. The van der Waals surface area contributed by atoms with Crippen LogP contribution in [0.15, 0.2) is 0 Å². The average molecular weight is 234 g/mol. The molecule has 0 aliphatic heterocycles. The highest BCUT2D eigenvalue weighted by Crippen LogP contribution is 2.05. The Labute approximate surface area is 89.0 Å². The summed E-state index contributed by atoms with van der Waals surface area (Å²) in [5.41, 5.74) is 0. The zero-order valence-corrected chi connectivity index (χ0v) is 9.41. The molecule has 2 N–H and O–H groups in total. The molecule has 0 aromatic heterocycles. The summed E-state index contributed by atoms with van der Waals surface area (Å²) in [5, 5.41) is 16.0. The van der Waals surface area contributed by atoms with Crippen LogP contribution < -0.4 is 4.72 Å². The number of nitrogens with zero attached hydrogens (tertiary/aromatic N) is 1. The van der Waals surface area contributed by atoms with Crippen molar-refractivity contribution in [2.45, 2.75) is 38.0 Å². The second-order valence-corrected chi connectivity index (χ2v) is 4.88. The van der Waals surface area contributed by atoms with E-state index in [9.17, 15) is 13.2 Å². The highest BCUT2D eigenvalue weighted by molar-refractivity contribution is 7.90. The fourth-order valence-electron chi connectivity index (χ4n) is 0.969. The van der Waals surface area contributed by atoms with Crippen molar-refractivity contribution in [1.29, 1.82) is 5.26 Å². The average Bonchev–Trinajstić information content (AvgIpc) is 2.15. The molecule has 1 unspecified atom stereocenters. The maximum atomic E-state index is 11.5. The molecule has 7 heteroatoms. The van der Waals surface area contributed by atoms with E-state index in [1.807, 2.05) is 4.72 Å². The molecule has 0 bridgehead atoms. The lowest BCUT2D eigenvalue weighted by Crippen LogP contribution is -2.44. The van der Waals surface area contributed by atoms with Gasteiger partial charge in [-0.2, -0.15) is 9.98 Å². The van der Waals surface area contributed by atoms with Crippen LogP contribution in [0.3, 0.4) is 0 Å². The summed E-state index contributed by atoms with van der Waals surface area (Å²) in [6.07, 6.45) is 0.262. The van der Waals surface area contributed by atoms with Crippen molar-refractivity contribution in [1.82, 2.24) is 4.72 Å². The minimum Gasteiger partial charge on any atom is -0.480 e. The quantitative estimate of drug-likeness (QED) is 0.676. The lowest BCUT2D eigenvalue weighted by molar-refractivity contribution is -0.139. The monoisotopic (exact) mass is 234 g/mol. The van der Waals surface area contributed by atoms with Crippen LogP contribution >= 0.6 is 0 Å². The Morgan fingerprint density at radius 3 is 2.27 bits per heavy atom. The van der Waals surface area contributed by atoms with Crippen LogP contribution in [0.4, 0.5) is 0 Å². The minimum absolute atomic E-state index is 0.127. The predicted octanol–water partition coefficient (Wildman–Crippen LogP) is 0.0712. The van der Waals surface area contributed by atoms with E-state index in [1.165, 1.54) is 0 Å². The Morgan fingerprint density at radius 2 is 2.00 bits per heavy atom. The first kappa shape index (κ1) is 13.9. The molecular formula is C8H14N2O4S. The Balaban J connectivity index is 4.78. The fraction of sp³-hybridized carbons (Fsp3) is 0.750. The lowest BCUT2D eigenvalue weighted by Gasteiger charge is -2.14. The summed E-state index contributed by atoms with van der Waals surface area (Å²) in [7, 11) is -3.87. The molecule has 0 aliphatic carbocycles. The van der Waals surface area contributed by atoms with Gasteiger partial charge in [0, 0.05) is 0 Å². The molecule has 0 amide bonds. The molecule has 86 valence electrons. The van der Waals surface area contributed by atoms with Crippen LogP contribution in [-0.2, 0) is 14.8 Å². The van der Waals surface area contributed by atoms with E-state index in [2.05, 4.69) is 0 Å². The smallest absolute Gasteiger partial charge is 0.321 e. The molecule has 0 aromatic rings. The minimum atomic E-state index is -3.87. The highest BCUT2D eigenvalue weighted by atomic mass is 32.2. The van der Waals surface area contributed by atoms with E-state index in [1.54, 1.807) is 19.9 Å². The molecule has 2 atom stereocenters. The van der Waals surface area contributed by atoms with Gasteiger partial charge in [-0.25, -0.2) is 8.42 Å². The zero-order valence-electron chi connectivity index (χ0n) is 8.60. The van der Waals surface area contributed by atoms with Crippen molar-refractivity contribution < 1.29 is 18.3 Å². The Bertz CT molecular complexity index is 357. The summed E-state index contributed by atoms with van der Waals surface area (Å²) in [6, 6.07) is 0.448. The van der Waals surface area contributed by atoms with Gasteiger partial charge in [0.25, 0.3) is 0 Å². The molecule has 0 aliphatic rings. The molecule has 0 heterocycles. The van der Waals surface area contributed by atoms with Crippen molar-refractivity contribution in [3.05, 3.63) is 0 Å². The molecule has 0 radical (unpaired) electrons. The maximum Gasteiger partial charge on any atom is 0.321 e. The van der Waals surface area contributed by atoms with Gasteiger partial charge >= 0.3 is 5.97 Å². The van der Waals surface area contributed by atoms with Gasteiger partial charge in [-0.05, 0) is 12.8 Å². The number of carbonyl (C=O) groups is 1. The fourth-order valence-corrected chi connectivity index (χ4v) is 2.37. The molecule has 0 fully saturated rings. The van der Waals surface area contributed by atoms with E-state index in [0.717, 1.165) is 0 Å². The number of rotatable bonds is 6. The first-order valence-corrected chi connectivity index (χ1v) is 6.07. The number of sulfonamides is 1. The van der Waals surface area contributed by atoms with Gasteiger partial charge in [0.1, 0.15) is 6.04 Å². The largest absolute Gasteiger partial charge is 0.480 e. The topological polar surface area (TPSA) is 107 Å². The van der Waals surface area contributed by atoms with Crippen LogP contribution in [0.2, 0.25) is 0 Å². The normalized spacial score (nSPS) is 15.3. The van der Waals surface area contributed by atoms with Crippen molar-refractivity contribution in [2.75, 3.05) is 0 Å². The summed E-state index contributed by atoms with van der Waals surface area (Å²) in [4.78, 5) is 10.6. The van der Waals surface area contributed by atoms with Gasteiger partial charge in [0.05, 0.1) is 6.07 Å². The zero-order chi connectivity index (χ0) is 12.1. The maximum absolute atomic E-state index is 11.5. The van der Waals surface area contributed by atoms with Gasteiger partial charge in [-0.3, -0.25) is 4.79 Å². The van der Waals surface area contributed by atoms with E-state index in [4.69, 9.17) is 10.4 Å². The van der Waals surface area contributed by atoms with Crippen LogP contribution in [0.25, 0.3) is 0 Å². The second kappa shape index (κ2) is 5.68. The number of carboxylic acid groups (broad SMARTS) is 1. The molecule has 15 heavy (non-hydrogen) atoms. The third-order valence-electron chi connectivity index (χ3n) is 1.90. The van der Waals surface area contributed by atoms with E-state index >= 15 is 0 Å². The summed E-state index contributed by atoms with van der Waals surface area (Å²) < 4.78 is 24.9. The van der Waals surface area contributed by atoms with Crippen LogP contribution in [-0.4, -0.2) is 30.8 Å². The van der Waals surface area contributed by atoms with E-state index in [0.29, 0.717) is 0 Å². The first-order chi connectivity index (χ1) is 6.88. The Kier molecular flexibility index (Phi) is 5.25. The van der Waals surface area contributed by atoms with Crippen LogP contribution in [0.1, 0.15) is 26.7 Å². The van der Waals surface area contributed by atoms with Gasteiger partial charge < -0.3 is 5.11 Å². The SMILES string of the molecule is CCC(C#N)S(=O)(=O)N[C@H](CC)C(=O)O. The summed E-state index contributed by atoms with van der Waals surface area (Å²) in [5.74, 6) is -1.24. The van der Waals surface area contributed by atoms with Gasteiger partial charge in [0.15, 0.2) is 5.25 Å². The van der Waals surface area contributed by atoms with Crippen molar-refractivity contribution in [2.24, 2.45) is 0 Å². The molecule has 0 saturated carbocycles. The Hall–Kier alpha value is -1.13. The number of hydrogen-bond acceptors (Lipinski definition) is 4. The standard InChI is InChI=1S/C8H14N2O4S/c1-3-6(5-9)15(13,14)10-7(4-2)8(11)12/h6-7,10H,3-4H2,1-2H3,(H,11,12)/t6?,7-/m1/s1. The number of carboxylic acids is 1. The molecule has 0 spiro atoms. The van der Waals surface area contributed by atoms with Crippen molar-refractivity contribution in [3.63, 3.8) is 0 Å². The highest BCUT2D eigenvalue weighted by Gasteiger charge is 2.28. The third kappa shape index (κ3) is 3.85. The summed E-state index contributed by atoms with van der Waals surface area (Å²) >= 11 is 0. The van der Waals surface area contributed by atoms with Crippen molar-refractivity contribution >= 4 is 16.0 Å². The Morgan fingerprint density at radius 1 is 1.47 bits per heavy atom. The van der Waals surface area contributed by atoms with E-state index < -0.39 is 27.3 Å². The molecule has 6 nitrogen and oxygen atoms in total. The second-order valence-electron chi connectivity index (χ2n) is 2.99. The third-order valence-corrected chi connectivity index (χ3v) is 3.70. The number of hydrogen-bond donors (Lipinski definition) is 2. The van der Waals surface area contributed by atoms with Crippen LogP contribution in [0.5, 0.6) is 0 Å². The van der Waals surface area contributed by atoms with Gasteiger partial charge in [-0.1, -0.05) is 13.8 Å². The van der Waals surface area contributed by atoms with Crippen molar-refractivity contribution in [3.8, 4) is 6.07 Å². The van der Waals surface area contributed by atoms with Gasteiger partial charge in [0.2, 0.25) is 10.0 Å². The van der Waals surface area contributed by atoms with Gasteiger partial charge in [-0.15, -0.1) is 0 Å². The molecule has 0 saturated heterocycles. The number of nitrogens with one attached hydrogen (secondary N) is 1.